The van der Waals surface area contributed by atoms with Gasteiger partial charge in [-0.2, -0.15) is 0 Å². The molecule has 0 aliphatic heterocycles. The van der Waals surface area contributed by atoms with Gasteiger partial charge < -0.3 is 0 Å². The van der Waals surface area contributed by atoms with Gasteiger partial charge in [-0.25, -0.2) is 5.43 Å². The third kappa shape index (κ3) is 2.62. The van der Waals surface area contributed by atoms with Crippen molar-refractivity contribution in [3.05, 3.63) is 46.2 Å². The van der Waals surface area contributed by atoms with Gasteiger partial charge in [-0.1, -0.05) is 18.2 Å². The molecule has 0 spiro atoms. The van der Waals surface area contributed by atoms with E-state index in [4.69, 9.17) is 0 Å². The van der Waals surface area contributed by atoms with Crippen LogP contribution in [0.5, 0.6) is 0 Å². The molecule has 1 aromatic carbocycles. The van der Waals surface area contributed by atoms with Crippen molar-refractivity contribution in [2.24, 2.45) is 5.10 Å². The van der Waals surface area contributed by atoms with Crippen LogP contribution in [0.2, 0.25) is 0 Å². The minimum absolute atomic E-state index is 0.171. The molecule has 0 atom stereocenters. The number of benzene rings is 1. The molecule has 1 aromatic heterocycles. The molecule has 2 rings (SSSR count). The molecule has 1 heterocycles. The van der Waals surface area contributed by atoms with E-state index >= 15 is 0 Å². The van der Waals surface area contributed by atoms with E-state index < -0.39 is 0 Å². The van der Waals surface area contributed by atoms with E-state index in [1.165, 1.54) is 18.3 Å². The van der Waals surface area contributed by atoms with Crippen molar-refractivity contribution in [2.75, 3.05) is 0 Å². The van der Waals surface area contributed by atoms with Gasteiger partial charge in [0.2, 0.25) is 10.7 Å². The summed E-state index contributed by atoms with van der Waals surface area (Å²) in [6.45, 7) is 3.45. The Kier molecular flexibility index (Phi) is 3.39. The van der Waals surface area contributed by atoms with Crippen molar-refractivity contribution >= 4 is 17.2 Å². The number of aryl methyl sites for hydroxylation is 1. The number of amides is 1. The first-order valence-corrected chi connectivity index (χ1v) is 6.09. The summed E-state index contributed by atoms with van der Waals surface area (Å²) in [4.78, 5) is 11.6. The van der Waals surface area contributed by atoms with E-state index in [0.29, 0.717) is 0 Å². The van der Waals surface area contributed by atoms with Gasteiger partial charge in [0.1, 0.15) is 0 Å². The standard InChI is InChI=1S/C12H13N3OS/c1-9-8-17-12(14-13-10(2)16)15(9)11-6-4-3-5-7-11/h3-8H,1-2H3,(H,13,16). The molecular weight excluding hydrogens is 234 g/mol. The number of carbonyl (C=O) groups is 1. The third-order valence-corrected chi connectivity index (χ3v) is 3.15. The number of hydrogen-bond acceptors (Lipinski definition) is 3. The van der Waals surface area contributed by atoms with Crippen LogP contribution in [-0.2, 0) is 4.79 Å². The van der Waals surface area contributed by atoms with Gasteiger partial charge in [0.05, 0.1) is 0 Å². The topological polar surface area (TPSA) is 46.4 Å². The molecule has 0 saturated heterocycles. The number of rotatable bonds is 2. The molecule has 17 heavy (non-hydrogen) atoms. The Morgan fingerprint density at radius 1 is 1.35 bits per heavy atom. The minimum atomic E-state index is -0.171. The number of para-hydroxylation sites is 1. The third-order valence-electron chi connectivity index (χ3n) is 2.20. The van der Waals surface area contributed by atoms with E-state index in [1.807, 2.05) is 47.2 Å². The van der Waals surface area contributed by atoms with Crippen LogP contribution in [-0.4, -0.2) is 10.5 Å². The first-order valence-electron chi connectivity index (χ1n) is 5.21. The summed E-state index contributed by atoms with van der Waals surface area (Å²) in [6, 6.07) is 9.93. The monoisotopic (exact) mass is 247 g/mol. The molecule has 4 nitrogen and oxygen atoms in total. The van der Waals surface area contributed by atoms with E-state index in [9.17, 15) is 4.79 Å². The molecule has 1 N–H and O–H groups in total. The lowest BCUT2D eigenvalue weighted by Gasteiger charge is -2.04. The van der Waals surface area contributed by atoms with Gasteiger partial charge in [0, 0.05) is 23.7 Å². The van der Waals surface area contributed by atoms with E-state index in [1.54, 1.807) is 0 Å². The van der Waals surface area contributed by atoms with Gasteiger partial charge in [-0.15, -0.1) is 16.4 Å². The molecule has 0 bridgehead atoms. The number of thiazole rings is 1. The van der Waals surface area contributed by atoms with E-state index in [2.05, 4.69) is 10.5 Å². The van der Waals surface area contributed by atoms with Crippen LogP contribution in [0.1, 0.15) is 12.6 Å². The van der Waals surface area contributed by atoms with Gasteiger partial charge in [0.25, 0.3) is 0 Å². The molecule has 0 saturated carbocycles. The predicted octanol–water partition coefficient (Wildman–Crippen LogP) is 1.80. The summed E-state index contributed by atoms with van der Waals surface area (Å²) in [5, 5.41) is 6.09. The van der Waals surface area contributed by atoms with Crippen molar-refractivity contribution in [1.29, 1.82) is 0 Å². The normalized spacial score (nSPS) is 11.5. The summed E-state index contributed by atoms with van der Waals surface area (Å²) in [5.41, 5.74) is 4.59. The van der Waals surface area contributed by atoms with Crippen LogP contribution in [0.4, 0.5) is 0 Å². The van der Waals surface area contributed by atoms with E-state index in [-0.39, 0.29) is 5.91 Å². The Morgan fingerprint density at radius 3 is 2.71 bits per heavy atom. The molecule has 88 valence electrons. The number of carbonyl (C=O) groups excluding carboxylic acids is 1. The minimum Gasteiger partial charge on any atom is -0.288 e. The second kappa shape index (κ2) is 4.97. The van der Waals surface area contributed by atoms with Gasteiger partial charge >= 0.3 is 0 Å². The Morgan fingerprint density at radius 2 is 2.06 bits per heavy atom. The van der Waals surface area contributed by atoms with Crippen LogP contribution in [0.15, 0.2) is 40.8 Å². The molecule has 0 unspecified atom stereocenters. The highest BCUT2D eigenvalue weighted by Gasteiger charge is 2.03. The maximum Gasteiger partial charge on any atom is 0.237 e. The number of hydrogen-bond donors (Lipinski definition) is 1. The van der Waals surface area contributed by atoms with Crippen LogP contribution in [0.25, 0.3) is 5.69 Å². The molecule has 5 heteroatoms. The summed E-state index contributed by atoms with van der Waals surface area (Å²) in [5.74, 6) is -0.171. The average Bonchev–Trinajstić information content (AvgIpc) is 2.69. The van der Waals surface area contributed by atoms with Crippen LogP contribution >= 0.6 is 11.3 Å². The fourth-order valence-electron chi connectivity index (χ4n) is 1.49. The Hall–Kier alpha value is -1.88. The van der Waals surface area contributed by atoms with Crippen LogP contribution < -0.4 is 10.2 Å². The lowest BCUT2D eigenvalue weighted by Crippen LogP contribution is -2.22. The largest absolute Gasteiger partial charge is 0.288 e. The maximum atomic E-state index is 10.9. The Bertz CT molecular complexity index is 583. The zero-order valence-corrected chi connectivity index (χ0v) is 10.5. The second-order valence-corrected chi connectivity index (χ2v) is 4.45. The second-order valence-electron chi connectivity index (χ2n) is 3.61. The number of nitrogens with one attached hydrogen (secondary N) is 1. The highest BCUT2D eigenvalue weighted by atomic mass is 32.1. The zero-order valence-electron chi connectivity index (χ0n) is 9.68. The molecule has 0 aliphatic rings. The maximum absolute atomic E-state index is 10.9. The molecule has 1 amide bonds. The molecule has 0 aliphatic carbocycles. The van der Waals surface area contributed by atoms with Gasteiger partial charge in [0.15, 0.2) is 0 Å². The fraction of sp³-hybridized carbons (Fsp3) is 0.167. The van der Waals surface area contributed by atoms with Crippen molar-refractivity contribution < 1.29 is 4.79 Å². The summed E-state index contributed by atoms with van der Waals surface area (Å²) >= 11 is 1.49. The van der Waals surface area contributed by atoms with Crippen molar-refractivity contribution in [2.45, 2.75) is 13.8 Å². The van der Waals surface area contributed by atoms with Crippen molar-refractivity contribution in [3.8, 4) is 5.69 Å². The molecule has 0 radical (unpaired) electrons. The van der Waals surface area contributed by atoms with Crippen molar-refractivity contribution in [3.63, 3.8) is 0 Å². The quantitative estimate of drug-likeness (QED) is 0.808. The van der Waals surface area contributed by atoms with Gasteiger partial charge in [-0.3, -0.25) is 9.36 Å². The van der Waals surface area contributed by atoms with Crippen LogP contribution in [0.3, 0.4) is 0 Å². The lowest BCUT2D eigenvalue weighted by atomic mass is 10.3. The molecule has 0 fully saturated rings. The Balaban J connectivity index is 2.51. The zero-order chi connectivity index (χ0) is 12.3. The van der Waals surface area contributed by atoms with Gasteiger partial charge in [-0.05, 0) is 19.1 Å². The lowest BCUT2D eigenvalue weighted by molar-refractivity contribution is -0.119. The summed E-state index contributed by atoms with van der Waals surface area (Å²) in [7, 11) is 0. The first-order chi connectivity index (χ1) is 8.18. The highest BCUT2D eigenvalue weighted by Crippen LogP contribution is 2.09. The first kappa shape index (κ1) is 11.6. The van der Waals surface area contributed by atoms with Crippen LogP contribution in [0, 0.1) is 6.92 Å². The summed E-state index contributed by atoms with van der Waals surface area (Å²) in [6.07, 6.45) is 0. The smallest absolute Gasteiger partial charge is 0.237 e. The molecule has 2 aromatic rings. The molecular formula is C12H13N3OS. The average molecular weight is 247 g/mol. The number of nitrogens with zero attached hydrogens (tertiary/aromatic N) is 2. The number of aromatic nitrogens is 1. The highest BCUT2D eigenvalue weighted by molar-refractivity contribution is 7.07. The predicted molar refractivity (Wildman–Crippen MR) is 67.8 cm³/mol. The van der Waals surface area contributed by atoms with Crippen molar-refractivity contribution in [1.82, 2.24) is 9.99 Å². The summed E-state index contributed by atoms with van der Waals surface area (Å²) < 4.78 is 2.00. The SMILES string of the molecule is CC(=O)NN=c1scc(C)n1-c1ccccc1. The fourth-order valence-corrected chi connectivity index (χ4v) is 2.32. The Labute approximate surface area is 103 Å². The van der Waals surface area contributed by atoms with E-state index in [0.717, 1.165) is 16.2 Å².